The van der Waals surface area contributed by atoms with Crippen LogP contribution in [0.15, 0.2) is 0 Å². The predicted octanol–water partition coefficient (Wildman–Crippen LogP) is 2.33. The molecule has 0 bridgehead atoms. The molecule has 15 heavy (non-hydrogen) atoms. The van der Waals surface area contributed by atoms with Gasteiger partial charge in [-0.1, -0.05) is 13.8 Å². The highest BCUT2D eigenvalue weighted by atomic mass is 16.2. The summed E-state index contributed by atoms with van der Waals surface area (Å²) in [6.45, 7) is 4.85. The average Bonchev–Trinajstić information content (AvgIpc) is 2.30. The third-order valence-electron chi connectivity index (χ3n) is 3.27. The van der Waals surface area contributed by atoms with Gasteiger partial charge in [0.1, 0.15) is 6.04 Å². The zero-order chi connectivity index (χ0) is 11.3. The van der Waals surface area contributed by atoms with Crippen LogP contribution in [0.25, 0.3) is 0 Å². The first-order chi connectivity index (χ1) is 7.24. The Bertz CT molecular complexity index is 253. The van der Waals surface area contributed by atoms with Gasteiger partial charge in [-0.25, -0.2) is 0 Å². The maximum atomic E-state index is 12.1. The molecule has 1 aliphatic heterocycles. The van der Waals surface area contributed by atoms with Crippen molar-refractivity contribution in [2.45, 2.75) is 52.0 Å². The lowest BCUT2D eigenvalue weighted by molar-refractivity contribution is -0.138. The lowest BCUT2D eigenvalue weighted by atomic mass is 9.97. The third kappa shape index (κ3) is 2.71. The van der Waals surface area contributed by atoms with Gasteiger partial charge < -0.3 is 4.90 Å². The number of hydrogen-bond acceptors (Lipinski definition) is 2. The fraction of sp³-hybridized carbons (Fsp3) is 0.833. The molecule has 84 valence electrons. The van der Waals surface area contributed by atoms with Crippen LogP contribution in [-0.2, 0) is 4.79 Å². The van der Waals surface area contributed by atoms with Crippen molar-refractivity contribution in [3.05, 3.63) is 0 Å². The monoisotopic (exact) mass is 208 g/mol. The molecule has 1 fully saturated rings. The van der Waals surface area contributed by atoms with E-state index in [1.807, 2.05) is 13.8 Å². The Kier molecular flexibility index (Phi) is 4.61. The van der Waals surface area contributed by atoms with Gasteiger partial charge in [-0.2, -0.15) is 5.26 Å². The van der Waals surface area contributed by atoms with Crippen LogP contribution in [0, 0.1) is 17.2 Å². The minimum absolute atomic E-state index is 0.110. The molecule has 1 amide bonds. The lowest BCUT2D eigenvalue weighted by Gasteiger charge is -2.33. The number of carbonyl (C=O) groups is 1. The molecule has 1 atom stereocenters. The van der Waals surface area contributed by atoms with E-state index in [9.17, 15) is 4.79 Å². The van der Waals surface area contributed by atoms with E-state index in [0.717, 1.165) is 38.6 Å². The first kappa shape index (κ1) is 12.0. The van der Waals surface area contributed by atoms with Crippen LogP contribution >= 0.6 is 0 Å². The highest BCUT2D eigenvalue weighted by Crippen LogP contribution is 2.21. The van der Waals surface area contributed by atoms with Crippen molar-refractivity contribution in [3.63, 3.8) is 0 Å². The van der Waals surface area contributed by atoms with Gasteiger partial charge in [-0.15, -0.1) is 0 Å². The highest BCUT2D eigenvalue weighted by Gasteiger charge is 2.29. The van der Waals surface area contributed by atoms with Gasteiger partial charge >= 0.3 is 0 Å². The fourth-order valence-electron chi connectivity index (χ4n) is 2.20. The van der Waals surface area contributed by atoms with Crippen molar-refractivity contribution in [1.29, 1.82) is 5.26 Å². The molecule has 0 spiro atoms. The van der Waals surface area contributed by atoms with Crippen LogP contribution in [-0.4, -0.2) is 23.4 Å². The normalized spacial score (nSPS) is 21.5. The summed E-state index contributed by atoms with van der Waals surface area (Å²) >= 11 is 0. The topological polar surface area (TPSA) is 44.1 Å². The molecule has 3 heteroatoms. The maximum Gasteiger partial charge on any atom is 0.226 e. The second-order valence-corrected chi connectivity index (χ2v) is 4.19. The van der Waals surface area contributed by atoms with Crippen LogP contribution < -0.4 is 0 Å². The second-order valence-electron chi connectivity index (χ2n) is 4.19. The summed E-state index contributed by atoms with van der Waals surface area (Å²) in [5.74, 6) is 0.296. The van der Waals surface area contributed by atoms with Crippen LogP contribution in [0.3, 0.4) is 0 Å². The number of hydrogen-bond donors (Lipinski definition) is 0. The lowest BCUT2D eigenvalue weighted by Crippen LogP contribution is -2.45. The Morgan fingerprint density at radius 2 is 2.13 bits per heavy atom. The van der Waals surface area contributed by atoms with E-state index in [4.69, 9.17) is 5.26 Å². The predicted molar refractivity (Wildman–Crippen MR) is 59.0 cm³/mol. The molecule has 1 aliphatic rings. The van der Waals surface area contributed by atoms with Gasteiger partial charge in [0.15, 0.2) is 0 Å². The molecule has 0 N–H and O–H groups in total. The summed E-state index contributed by atoms with van der Waals surface area (Å²) in [5.41, 5.74) is 0. The summed E-state index contributed by atoms with van der Waals surface area (Å²) in [4.78, 5) is 13.9. The summed E-state index contributed by atoms with van der Waals surface area (Å²) < 4.78 is 0. The Labute approximate surface area is 92.1 Å². The van der Waals surface area contributed by atoms with E-state index in [2.05, 4.69) is 6.07 Å². The van der Waals surface area contributed by atoms with Gasteiger partial charge in [0.2, 0.25) is 5.91 Å². The molecule has 0 aliphatic carbocycles. The van der Waals surface area contributed by atoms with Crippen LogP contribution in [0.2, 0.25) is 0 Å². The smallest absolute Gasteiger partial charge is 0.226 e. The highest BCUT2D eigenvalue weighted by molar-refractivity contribution is 5.79. The molecular formula is C12H20N2O. The van der Waals surface area contributed by atoms with E-state index in [-0.39, 0.29) is 17.9 Å². The molecule has 0 aromatic heterocycles. The molecule has 3 nitrogen and oxygen atoms in total. The van der Waals surface area contributed by atoms with E-state index in [1.165, 1.54) is 0 Å². The number of nitriles is 1. The Hall–Kier alpha value is -1.04. The number of rotatable bonds is 3. The van der Waals surface area contributed by atoms with Gasteiger partial charge in [-0.3, -0.25) is 4.79 Å². The van der Waals surface area contributed by atoms with E-state index in [1.54, 1.807) is 4.90 Å². The Morgan fingerprint density at radius 3 is 2.67 bits per heavy atom. The molecule has 1 rings (SSSR count). The molecule has 1 heterocycles. The van der Waals surface area contributed by atoms with Crippen LogP contribution in [0.1, 0.15) is 46.0 Å². The van der Waals surface area contributed by atoms with Crippen molar-refractivity contribution in [2.75, 3.05) is 6.54 Å². The molecule has 1 saturated heterocycles. The summed E-state index contributed by atoms with van der Waals surface area (Å²) in [5, 5.41) is 8.99. The Morgan fingerprint density at radius 1 is 1.47 bits per heavy atom. The minimum atomic E-state index is -0.174. The SMILES string of the molecule is CCC(CC)C(=O)N1CCCCC1C#N. The Balaban J connectivity index is 2.67. The average molecular weight is 208 g/mol. The summed E-state index contributed by atoms with van der Waals surface area (Å²) in [6.07, 6.45) is 4.73. The van der Waals surface area contributed by atoms with Crippen LogP contribution in [0.5, 0.6) is 0 Å². The molecule has 0 radical (unpaired) electrons. The van der Waals surface area contributed by atoms with Gasteiger partial charge in [0.05, 0.1) is 6.07 Å². The van der Waals surface area contributed by atoms with Crippen molar-refractivity contribution < 1.29 is 4.79 Å². The molecule has 0 saturated carbocycles. The number of nitrogens with zero attached hydrogens (tertiary/aromatic N) is 2. The van der Waals surface area contributed by atoms with E-state index >= 15 is 0 Å². The second kappa shape index (κ2) is 5.75. The van der Waals surface area contributed by atoms with Crippen molar-refractivity contribution in [2.24, 2.45) is 5.92 Å². The number of piperidine rings is 1. The van der Waals surface area contributed by atoms with Gasteiger partial charge in [0.25, 0.3) is 0 Å². The van der Waals surface area contributed by atoms with Crippen molar-refractivity contribution in [3.8, 4) is 6.07 Å². The first-order valence-electron chi connectivity index (χ1n) is 5.94. The number of likely N-dealkylation sites (tertiary alicyclic amines) is 1. The molecular weight excluding hydrogens is 188 g/mol. The quantitative estimate of drug-likeness (QED) is 0.714. The summed E-state index contributed by atoms with van der Waals surface area (Å²) in [7, 11) is 0. The fourth-order valence-corrected chi connectivity index (χ4v) is 2.20. The van der Waals surface area contributed by atoms with E-state index < -0.39 is 0 Å². The maximum absolute atomic E-state index is 12.1. The third-order valence-corrected chi connectivity index (χ3v) is 3.27. The van der Waals surface area contributed by atoms with Crippen molar-refractivity contribution >= 4 is 5.91 Å². The zero-order valence-corrected chi connectivity index (χ0v) is 9.70. The van der Waals surface area contributed by atoms with Gasteiger partial charge in [0, 0.05) is 12.5 Å². The molecule has 1 unspecified atom stereocenters. The standard InChI is InChI=1S/C12H20N2O/c1-3-10(4-2)12(15)14-8-6-5-7-11(14)9-13/h10-11H,3-8H2,1-2H3. The molecule has 0 aromatic carbocycles. The largest absolute Gasteiger partial charge is 0.326 e. The van der Waals surface area contributed by atoms with Gasteiger partial charge in [-0.05, 0) is 32.1 Å². The first-order valence-corrected chi connectivity index (χ1v) is 5.94. The molecule has 0 aromatic rings. The van der Waals surface area contributed by atoms with Crippen LogP contribution in [0.4, 0.5) is 0 Å². The summed E-state index contributed by atoms with van der Waals surface area (Å²) in [6, 6.07) is 2.07. The zero-order valence-electron chi connectivity index (χ0n) is 9.70. The van der Waals surface area contributed by atoms with Crippen molar-refractivity contribution in [1.82, 2.24) is 4.90 Å². The number of amides is 1. The minimum Gasteiger partial charge on any atom is -0.326 e. The number of carbonyl (C=O) groups excluding carboxylic acids is 1. The van der Waals surface area contributed by atoms with E-state index in [0.29, 0.717) is 0 Å².